The molecular weight excluding hydrogens is 370 g/mol. The maximum Gasteiger partial charge on any atom is 0.211 e. The first kappa shape index (κ1) is 16.4. The molecule has 0 spiro atoms. The third-order valence-electron chi connectivity index (χ3n) is 5.66. The fraction of sp³-hybridized carbons (Fsp3) is 0. The van der Waals surface area contributed by atoms with E-state index >= 15 is 0 Å². The van der Waals surface area contributed by atoms with E-state index < -0.39 is 0 Å². The Morgan fingerprint density at radius 1 is 0.800 bits per heavy atom. The van der Waals surface area contributed by atoms with Crippen molar-refractivity contribution in [3.8, 4) is 11.8 Å². The van der Waals surface area contributed by atoms with Crippen molar-refractivity contribution in [1.82, 2.24) is 4.57 Å². The van der Waals surface area contributed by atoms with E-state index in [9.17, 15) is 5.26 Å². The monoisotopic (exact) mass is 383 g/mol. The molecule has 0 aliphatic rings. The Bertz CT molecular complexity index is 1690. The van der Waals surface area contributed by atoms with Crippen LogP contribution in [0.15, 0.2) is 83.3 Å². The molecule has 0 radical (unpaired) electrons. The molecule has 0 unspecified atom stereocenters. The molecule has 0 atom stereocenters. The molecular formula is C26H13N3O. The van der Waals surface area contributed by atoms with Crippen LogP contribution in [0, 0.1) is 17.9 Å². The van der Waals surface area contributed by atoms with Crippen LogP contribution in [0.25, 0.3) is 54.3 Å². The van der Waals surface area contributed by atoms with Crippen molar-refractivity contribution in [3.05, 3.63) is 95.8 Å². The maximum absolute atomic E-state index is 9.76. The van der Waals surface area contributed by atoms with E-state index in [4.69, 9.17) is 11.0 Å². The smallest absolute Gasteiger partial charge is 0.211 e. The lowest BCUT2D eigenvalue weighted by Crippen LogP contribution is -1.97. The Morgan fingerprint density at radius 2 is 1.60 bits per heavy atom. The van der Waals surface area contributed by atoms with Gasteiger partial charge in [0.15, 0.2) is 0 Å². The third-order valence-corrected chi connectivity index (χ3v) is 5.66. The number of hydrogen-bond donors (Lipinski definition) is 0. The lowest BCUT2D eigenvalue weighted by atomic mass is 10.1. The number of fused-ring (bicyclic) bond motifs is 7. The zero-order valence-corrected chi connectivity index (χ0v) is 15.8. The number of aromatic nitrogens is 1. The normalized spacial score (nSPS) is 11.3. The predicted octanol–water partition coefficient (Wildman–Crippen LogP) is 7.11. The summed E-state index contributed by atoms with van der Waals surface area (Å²) in [5.41, 5.74) is 5.04. The van der Waals surface area contributed by atoms with Crippen molar-refractivity contribution < 1.29 is 4.42 Å². The summed E-state index contributed by atoms with van der Waals surface area (Å²) in [6.45, 7) is 7.66. The molecule has 2 heterocycles. The van der Waals surface area contributed by atoms with Crippen molar-refractivity contribution in [2.45, 2.75) is 0 Å². The van der Waals surface area contributed by atoms with Crippen LogP contribution in [0.5, 0.6) is 0 Å². The van der Waals surface area contributed by atoms with E-state index in [1.165, 1.54) is 0 Å². The Hall–Kier alpha value is -4.54. The average Bonchev–Trinajstić information content (AvgIpc) is 3.34. The largest absolute Gasteiger partial charge is 0.455 e. The molecule has 0 aliphatic carbocycles. The van der Waals surface area contributed by atoms with Crippen LogP contribution in [0.2, 0.25) is 0 Å². The highest BCUT2D eigenvalue weighted by Crippen LogP contribution is 2.42. The summed E-state index contributed by atoms with van der Waals surface area (Å²) in [6.07, 6.45) is 0. The summed E-state index contributed by atoms with van der Waals surface area (Å²) in [4.78, 5) is 3.70. The van der Waals surface area contributed by atoms with Crippen molar-refractivity contribution in [2.24, 2.45) is 0 Å². The van der Waals surface area contributed by atoms with Crippen molar-refractivity contribution in [3.63, 3.8) is 0 Å². The quantitative estimate of drug-likeness (QED) is 0.284. The van der Waals surface area contributed by atoms with Gasteiger partial charge >= 0.3 is 0 Å². The molecule has 0 amide bonds. The van der Waals surface area contributed by atoms with Gasteiger partial charge < -0.3 is 8.98 Å². The number of benzene rings is 4. The molecule has 4 aromatic carbocycles. The Morgan fingerprint density at radius 3 is 2.43 bits per heavy atom. The van der Waals surface area contributed by atoms with Crippen LogP contribution in [-0.2, 0) is 0 Å². The Kier molecular flexibility index (Phi) is 3.27. The van der Waals surface area contributed by atoms with Crippen LogP contribution in [0.1, 0.15) is 5.56 Å². The minimum absolute atomic E-state index is 0.446. The highest BCUT2D eigenvalue weighted by molar-refractivity contribution is 6.24. The molecule has 0 N–H and O–H groups in total. The van der Waals surface area contributed by atoms with E-state index in [2.05, 4.69) is 35.2 Å². The van der Waals surface area contributed by atoms with Gasteiger partial charge in [-0.2, -0.15) is 5.26 Å². The van der Waals surface area contributed by atoms with Gasteiger partial charge in [0, 0.05) is 16.2 Å². The lowest BCUT2D eigenvalue weighted by molar-refractivity contribution is 0.673. The molecule has 138 valence electrons. The fourth-order valence-electron chi connectivity index (χ4n) is 4.42. The van der Waals surface area contributed by atoms with Crippen molar-refractivity contribution in [1.29, 1.82) is 5.26 Å². The molecule has 4 nitrogen and oxygen atoms in total. The van der Waals surface area contributed by atoms with Crippen LogP contribution >= 0.6 is 0 Å². The number of nitriles is 1. The summed E-state index contributed by atoms with van der Waals surface area (Å²) in [5.74, 6) is 0. The van der Waals surface area contributed by atoms with E-state index in [-0.39, 0.29) is 0 Å². The first-order valence-corrected chi connectivity index (χ1v) is 9.56. The molecule has 4 heteroatoms. The fourth-order valence-corrected chi connectivity index (χ4v) is 4.42. The molecule has 2 aromatic heterocycles. The van der Waals surface area contributed by atoms with Gasteiger partial charge in [0.25, 0.3) is 0 Å². The minimum Gasteiger partial charge on any atom is -0.455 e. The van der Waals surface area contributed by atoms with Crippen LogP contribution in [-0.4, -0.2) is 4.57 Å². The second-order valence-electron chi connectivity index (χ2n) is 7.18. The summed E-state index contributed by atoms with van der Waals surface area (Å²) in [7, 11) is 0. The van der Waals surface area contributed by atoms with Gasteiger partial charge in [-0.15, -0.1) is 0 Å². The lowest BCUT2D eigenvalue weighted by Gasteiger charge is -2.11. The summed E-state index contributed by atoms with van der Waals surface area (Å²) >= 11 is 0. The number of para-hydroxylation sites is 3. The second kappa shape index (κ2) is 5.98. The molecule has 0 aliphatic heterocycles. The van der Waals surface area contributed by atoms with Gasteiger partial charge in [0.1, 0.15) is 11.2 Å². The minimum atomic E-state index is 0.446. The predicted molar refractivity (Wildman–Crippen MR) is 119 cm³/mol. The van der Waals surface area contributed by atoms with E-state index in [1.807, 2.05) is 41.0 Å². The maximum atomic E-state index is 9.76. The van der Waals surface area contributed by atoms with Gasteiger partial charge in [0.2, 0.25) is 5.69 Å². The van der Waals surface area contributed by atoms with Crippen LogP contribution in [0.3, 0.4) is 0 Å². The molecule has 6 aromatic rings. The summed E-state index contributed by atoms with van der Waals surface area (Å²) < 4.78 is 8.31. The van der Waals surface area contributed by atoms with Gasteiger partial charge in [-0.25, -0.2) is 4.85 Å². The summed E-state index contributed by atoms with van der Waals surface area (Å²) in [6, 6.07) is 27.7. The van der Waals surface area contributed by atoms with Gasteiger partial charge in [-0.3, -0.25) is 0 Å². The number of hydrogen-bond acceptors (Lipinski definition) is 2. The highest BCUT2D eigenvalue weighted by atomic mass is 16.3. The third kappa shape index (κ3) is 2.02. The van der Waals surface area contributed by atoms with Crippen LogP contribution in [0.4, 0.5) is 5.69 Å². The first-order valence-electron chi connectivity index (χ1n) is 9.56. The topological polar surface area (TPSA) is 46.2 Å². The SMILES string of the molecule is [C-]#[N+]c1cccc(C#N)c1-n1c2ccccc2c2c3oc4ccccc4c3ccc21. The number of nitrogens with zero attached hydrogens (tertiary/aromatic N) is 3. The highest BCUT2D eigenvalue weighted by Gasteiger charge is 2.21. The van der Waals surface area contributed by atoms with E-state index in [1.54, 1.807) is 18.2 Å². The number of furan rings is 1. The molecule has 30 heavy (non-hydrogen) atoms. The molecule has 6 rings (SSSR count). The summed E-state index contributed by atoms with van der Waals surface area (Å²) in [5, 5.41) is 13.9. The second-order valence-corrected chi connectivity index (χ2v) is 7.18. The molecule has 0 saturated heterocycles. The molecule has 0 fully saturated rings. The first-order chi connectivity index (χ1) is 14.8. The van der Waals surface area contributed by atoms with Gasteiger partial charge in [0.05, 0.1) is 40.3 Å². The van der Waals surface area contributed by atoms with E-state index in [0.29, 0.717) is 16.9 Å². The van der Waals surface area contributed by atoms with Gasteiger partial charge in [-0.1, -0.05) is 48.5 Å². The standard InChI is InChI=1S/C26H13N3O/c1-28-20-10-6-7-16(15-27)25(20)29-21-11-4-2-9-19(21)24-22(29)14-13-18-17-8-3-5-12-23(17)30-26(18)24/h2-14H. The van der Waals surface area contributed by atoms with E-state index in [0.717, 1.165) is 43.7 Å². The van der Waals surface area contributed by atoms with Gasteiger partial charge in [-0.05, 0) is 30.3 Å². The molecule has 0 bridgehead atoms. The van der Waals surface area contributed by atoms with Crippen molar-refractivity contribution in [2.75, 3.05) is 0 Å². The van der Waals surface area contributed by atoms with Crippen LogP contribution < -0.4 is 0 Å². The van der Waals surface area contributed by atoms with Crippen molar-refractivity contribution >= 4 is 49.4 Å². The Labute approximate surface area is 171 Å². The average molecular weight is 383 g/mol. The molecule has 0 saturated carbocycles. The zero-order valence-electron chi connectivity index (χ0n) is 15.8. The Balaban J connectivity index is 1.89. The number of rotatable bonds is 1. The zero-order chi connectivity index (χ0) is 20.2.